The molecule has 110 valence electrons. The molecule has 1 heterocycles. The normalized spacial score (nSPS) is 15.2. The lowest BCUT2D eigenvalue weighted by Crippen LogP contribution is -2.37. The molecule has 7 heteroatoms. The first-order valence-corrected chi connectivity index (χ1v) is 6.39. The molecule has 2 N–H and O–H groups in total. The van der Waals surface area contributed by atoms with Crippen molar-refractivity contribution >= 4 is 24.0 Å². The number of amides is 1. The van der Waals surface area contributed by atoms with E-state index < -0.39 is 4.92 Å². The van der Waals surface area contributed by atoms with Crippen molar-refractivity contribution in [3.8, 4) is 0 Å². The number of hydrogen-bond donors (Lipinski definition) is 2. The molecular formula is C13H18ClN3O3. The van der Waals surface area contributed by atoms with Gasteiger partial charge in [-0.05, 0) is 25.9 Å². The van der Waals surface area contributed by atoms with Crippen molar-refractivity contribution in [2.75, 3.05) is 13.1 Å². The van der Waals surface area contributed by atoms with Crippen LogP contribution in [-0.4, -0.2) is 23.9 Å². The van der Waals surface area contributed by atoms with Gasteiger partial charge in [-0.2, -0.15) is 0 Å². The number of nitro groups is 1. The smallest absolute Gasteiger partial charge is 0.274 e. The van der Waals surface area contributed by atoms with E-state index in [0.29, 0.717) is 5.56 Å². The maximum absolute atomic E-state index is 11.9. The number of para-hydroxylation sites is 1. The van der Waals surface area contributed by atoms with Crippen molar-refractivity contribution in [3.05, 3.63) is 39.9 Å². The summed E-state index contributed by atoms with van der Waals surface area (Å²) in [6, 6.07) is 6.47. The van der Waals surface area contributed by atoms with Gasteiger partial charge < -0.3 is 10.6 Å². The highest BCUT2D eigenvalue weighted by Crippen LogP contribution is 2.18. The van der Waals surface area contributed by atoms with Crippen molar-refractivity contribution in [2.45, 2.75) is 19.4 Å². The minimum atomic E-state index is -0.425. The van der Waals surface area contributed by atoms with Gasteiger partial charge in [0.05, 0.1) is 4.92 Å². The van der Waals surface area contributed by atoms with Crippen molar-refractivity contribution in [2.24, 2.45) is 5.92 Å². The van der Waals surface area contributed by atoms with Crippen LogP contribution in [-0.2, 0) is 11.3 Å². The van der Waals surface area contributed by atoms with Crippen LogP contribution in [0.5, 0.6) is 0 Å². The van der Waals surface area contributed by atoms with Gasteiger partial charge in [0.2, 0.25) is 5.91 Å². The van der Waals surface area contributed by atoms with E-state index in [-0.39, 0.29) is 36.5 Å². The number of carbonyl (C=O) groups excluding carboxylic acids is 1. The van der Waals surface area contributed by atoms with Crippen LogP contribution in [0.2, 0.25) is 0 Å². The first-order valence-electron chi connectivity index (χ1n) is 6.39. The second-order valence-electron chi connectivity index (χ2n) is 4.63. The van der Waals surface area contributed by atoms with Gasteiger partial charge in [0.1, 0.15) is 0 Å². The Balaban J connectivity index is 0.00000200. The Morgan fingerprint density at radius 1 is 1.35 bits per heavy atom. The summed E-state index contributed by atoms with van der Waals surface area (Å²) in [6.45, 7) is 1.91. The number of piperidine rings is 1. The summed E-state index contributed by atoms with van der Waals surface area (Å²) < 4.78 is 0. The van der Waals surface area contributed by atoms with Crippen LogP contribution in [0.1, 0.15) is 18.4 Å². The summed E-state index contributed by atoms with van der Waals surface area (Å²) in [6.07, 6.45) is 1.64. The average Bonchev–Trinajstić information content (AvgIpc) is 2.46. The van der Waals surface area contributed by atoms with E-state index >= 15 is 0 Å². The first kappa shape index (κ1) is 16.4. The molecule has 1 aliphatic heterocycles. The van der Waals surface area contributed by atoms with E-state index in [1.165, 1.54) is 6.07 Å². The molecule has 1 saturated heterocycles. The zero-order chi connectivity index (χ0) is 13.7. The van der Waals surface area contributed by atoms with Gasteiger partial charge in [-0.1, -0.05) is 18.2 Å². The third-order valence-corrected chi connectivity index (χ3v) is 3.35. The fraction of sp³-hybridized carbons (Fsp3) is 0.462. The first-order chi connectivity index (χ1) is 9.18. The van der Waals surface area contributed by atoms with Gasteiger partial charge in [-0.3, -0.25) is 14.9 Å². The zero-order valence-corrected chi connectivity index (χ0v) is 11.8. The summed E-state index contributed by atoms with van der Waals surface area (Å²) in [5.74, 6) is 0.00340. The molecule has 0 bridgehead atoms. The Kier molecular flexibility index (Phi) is 6.41. The molecule has 1 aromatic carbocycles. The minimum Gasteiger partial charge on any atom is -0.352 e. The van der Waals surface area contributed by atoms with Crippen molar-refractivity contribution in [3.63, 3.8) is 0 Å². The van der Waals surface area contributed by atoms with E-state index in [4.69, 9.17) is 0 Å². The van der Waals surface area contributed by atoms with Crippen LogP contribution in [0.4, 0.5) is 5.69 Å². The van der Waals surface area contributed by atoms with Crippen molar-refractivity contribution in [1.29, 1.82) is 0 Å². The third-order valence-electron chi connectivity index (χ3n) is 3.35. The number of hydrogen-bond acceptors (Lipinski definition) is 4. The Bertz CT molecular complexity index is 476. The number of nitrogens with zero attached hydrogens (tertiary/aromatic N) is 1. The lowest BCUT2D eigenvalue weighted by Gasteiger charge is -2.21. The number of benzene rings is 1. The highest BCUT2D eigenvalue weighted by molar-refractivity contribution is 5.85. The Morgan fingerprint density at radius 2 is 2.00 bits per heavy atom. The molecule has 1 amide bonds. The molecule has 1 aromatic rings. The molecule has 0 unspecified atom stereocenters. The van der Waals surface area contributed by atoms with Crippen LogP contribution in [0, 0.1) is 16.0 Å². The third kappa shape index (κ3) is 4.18. The van der Waals surface area contributed by atoms with Crippen molar-refractivity contribution < 1.29 is 9.72 Å². The fourth-order valence-corrected chi connectivity index (χ4v) is 2.25. The number of rotatable bonds is 4. The second kappa shape index (κ2) is 7.81. The molecular weight excluding hydrogens is 282 g/mol. The van der Waals surface area contributed by atoms with Crippen LogP contribution in [0.3, 0.4) is 0 Å². The summed E-state index contributed by atoms with van der Waals surface area (Å²) in [4.78, 5) is 22.4. The summed E-state index contributed by atoms with van der Waals surface area (Å²) in [5.41, 5.74) is 0.586. The van der Waals surface area contributed by atoms with Gasteiger partial charge in [0.25, 0.3) is 5.69 Å². The Labute approximate surface area is 123 Å². The Morgan fingerprint density at radius 3 is 2.65 bits per heavy atom. The highest BCUT2D eigenvalue weighted by Gasteiger charge is 2.21. The summed E-state index contributed by atoms with van der Waals surface area (Å²) in [5, 5.41) is 16.8. The molecule has 1 fully saturated rings. The molecule has 0 atom stereocenters. The number of nitro benzene ring substituents is 1. The molecule has 0 radical (unpaired) electrons. The van der Waals surface area contributed by atoms with Crippen LogP contribution in [0.25, 0.3) is 0 Å². The zero-order valence-electron chi connectivity index (χ0n) is 11.0. The Hall–Kier alpha value is -1.66. The average molecular weight is 300 g/mol. The lowest BCUT2D eigenvalue weighted by atomic mass is 9.97. The molecule has 6 nitrogen and oxygen atoms in total. The van der Waals surface area contributed by atoms with Gasteiger partial charge in [-0.15, -0.1) is 12.4 Å². The molecule has 0 aromatic heterocycles. The van der Waals surface area contributed by atoms with Crippen LogP contribution in [0.15, 0.2) is 24.3 Å². The SMILES string of the molecule is Cl.O=C(NCc1ccccc1[N+](=O)[O-])C1CCNCC1. The maximum atomic E-state index is 11.9. The number of nitrogens with one attached hydrogen (secondary N) is 2. The van der Waals surface area contributed by atoms with Gasteiger partial charge in [0, 0.05) is 24.1 Å². The van der Waals surface area contributed by atoms with Gasteiger partial charge >= 0.3 is 0 Å². The van der Waals surface area contributed by atoms with E-state index in [9.17, 15) is 14.9 Å². The minimum absolute atomic E-state index is 0. The molecule has 20 heavy (non-hydrogen) atoms. The molecule has 1 aliphatic rings. The van der Waals surface area contributed by atoms with Crippen molar-refractivity contribution in [1.82, 2.24) is 10.6 Å². The monoisotopic (exact) mass is 299 g/mol. The highest BCUT2D eigenvalue weighted by atomic mass is 35.5. The molecule has 2 rings (SSSR count). The molecule has 0 spiro atoms. The van der Waals surface area contributed by atoms with Crippen LogP contribution >= 0.6 is 12.4 Å². The van der Waals surface area contributed by atoms with E-state index in [1.807, 2.05) is 0 Å². The van der Waals surface area contributed by atoms with E-state index in [1.54, 1.807) is 18.2 Å². The molecule has 0 saturated carbocycles. The summed E-state index contributed by atoms with van der Waals surface area (Å²) >= 11 is 0. The van der Waals surface area contributed by atoms with E-state index in [2.05, 4.69) is 10.6 Å². The fourth-order valence-electron chi connectivity index (χ4n) is 2.25. The largest absolute Gasteiger partial charge is 0.352 e. The number of carbonyl (C=O) groups is 1. The predicted molar refractivity (Wildman–Crippen MR) is 77.8 cm³/mol. The van der Waals surface area contributed by atoms with Crippen LogP contribution < -0.4 is 10.6 Å². The number of halogens is 1. The van der Waals surface area contributed by atoms with Gasteiger partial charge in [-0.25, -0.2) is 0 Å². The van der Waals surface area contributed by atoms with E-state index in [0.717, 1.165) is 25.9 Å². The lowest BCUT2D eigenvalue weighted by molar-refractivity contribution is -0.385. The topological polar surface area (TPSA) is 84.3 Å². The summed E-state index contributed by atoms with van der Waals surface area (Å²) in [7, 11) is 0. The standard InChI is InChI=1S/C13H17N3O3.ClH/c17-13(10-5-7-14-8-6-10)15-9-11-3-1-2-4-12(11)16(18)19;/h1-4,10,14H,5-9H2,(H,15,17);1H. The van der Waals surface area contributed by atoms with Gasteiger partial charge in [0.15, 0.2) is 0 Å². The predicted octanol–water partition coefficient (Wildman–Crippen LogP) is 1.63. The quantitative estimate of drug-likeness (QED) is 0.654. The maximum Gasteiger partial charge on any atom is 0.274 e. The molecule has 0 aliphatic carbocycles. The second-order valence-corrected chi connectivity index (χ2v) is 4.63.